The standard InChI is InChI=1S/C24H32N6O2/c1-16-19-12-21(31)30(14-17-8-4-3-5-9-17)23(19)27-22(26-16)20-10-6-7-11-29(20)24(32)18-13-25-28(2)15-18/h13,15,17,20H,3-12,14H2,1-2H3/t20-/m1/s1. The summed E-state index contributed by atoms with van der Waals surface area (Å²) in [4.78, 5) is 39.7. The Kier molecular flexibility index (Phi) is 5.69. The van der Waals surface area contributed by atoms with Gasteiger partial charge in [0.2, 0.25) is 5.91 Å². The molecule has 5 rings (SSSR count). The maximum atomic E-state index is 13.2. The van der Waals surface area contributed by atoms with E-state index in [4.69, 9.17) is 9.97 Å². The number of anilines is 1. The van der Waals surface area contributed by atoms with Crippen LogP contribution in [0.3, 0.4) is 0 Å². The first kappa shape index (κ1) is 21.1. The van der Waals surface area contributed by atoms with Crippen molar-refractivity contribution in [3.8, 4) is 0 Å². The van der Waals surface area contributed by atoms with E-state index in [1.165, 1.54) is 32.1 Å². The van der Waals surface area contributed by atoms with Crippen molar-refractivity contribution in [3.63, 3.8) is 0 Å². The Balaban J connectivity index is 1.45. The fourth-order valence-electron chi connectivity index (χ4n) is 5.50. The van der Waals surface area contributed by atoms with Crippen LogP contribution in [0.2, 0.25) is 0 Å². The fraction of sp³-hybridized carbons (Fsp3) is 0.625. The molecule has 0 radical (unpaired) electrons. The van der Waals surface area contributed by atoms with E-state index in [1.807, 2.05) is 23.8 Å². The molecule has 1 saturated heterocycles. The van der Waals surface area contributed by atoms with Crippen LogP contribution < -0.4 is 4.90 Å². The SMILES string of the molecule is Cc1nc([C@H]2CCCCN2C(=O)c2cnn(C)c2)nc2c1CC(=O)N2CC1CCCCC1. The number of likely N-dealkylation sites (tertiary alicyclic amines) is 1. The van der Waals surface area contributed by atoms with Crippen LogP contribution in [0.15, 0.2) is 12.4 Å². The predicted molar refractivity (Wildman–Crippen MR) is 120 cm³/mol. The zero-order valence-electron chi connectivity index (χ0n) is 19.1. The van der Waals surface area contributed by atoms with Gasteiger partial charge in [-0.2, -0.15) is 5.10 Å². The van der Waals surface area contributed by atoms with Crippen molar-refractivity contribution in [3.05, 3.63) is 35.0 Å². The van der Waals surface area contributed by atoms with Crippen molar-refractivity contribution < 1.29 is 9.59 Å². The van der Waals surface area contributed by atoms with Gasteiger partial charge in [0, 0.05) is 37.6 Å². The van der Waals surface area contributed by atoms with E-state index >= 15 is 0 Å². The van der Waals surface area contributed by atoms with Gasteiger partial charge in [0.1, 0.15) is 5.82 Å². The van der Waals surface area contributed by atoms with Gasteiger partial charge in [0.15, 0.2) is 5.82 Å². The number of amides is 2. The van der Waals surface area contributed by atoms with Gasteiger partial charge in [-0.1, -0.05) is 19.3 Å². The van der Waals surface area contributed by atoms with Gasteiger partial charge in [-0.25, -0.2) is 9.97 Å². The number of rotatable bonds is 4. The molecule has 8 heteroatoms. The highest BCUT2D eigenvalue weighted by Gasteiger charge is 2.36. The third-order valence-corrected chi connectivity index (χ3v) is 7.27. The van der Waals surface area contributed by atoms with Crippen LogP contribution in [0.1, 0.15) is 84.8 Å². The van der Waals surface area contributed by atoms with Crippen LogP contribution in [-0.4, -0.2) is 49.6 Å². The first-order valence-corrected chi connectivity index (χ1v) is 12.0. The van der Waals surface area contributed by atoms with Crippen molar-refractivity contribution in [1.82, 2.24) is 24.6 Å². The first-order chi connectivity index (χ1) is 15.5. The van der Waals surface area contributed by atoms with Crippen LogP contribution in [0.25, 0.3) is 0 Å². The summed E-state index contributed by atoms with van der Waals surface area (Å²) >= 11 is 0. The molecule has 0 bridgehead atoms. The molecule has 1 aliphatic carbocycles. The lowest BCUT2D eigenvalue weighted by Gasteiger charge is -2.35. The number of nitrogens with zero attached hydrogens (tertiary/aromatic N) is 6. The molecule has 4 heterocycles. The van der Waals surface area contributed by atoms with Gasteiger partial charge < -0.3 is 4.90 Å². The Morgan fingerprint density at radius 2 is 1.88 bits per heavy atom. The summed E-state index contributed by atoms with van der Waals surface area (Å²) in [5.74, 6) is 2.10. The summed E-state index contributed by atoms with van der Waals surface area (Å²) in [6, 6.07) is -0.173. The Bertz CT molecular complexity index is 1030. The lowest BCUT2D eigenvalue weighted by molar-refractivity contribution is -0.117. The smallest absolute Gasteiger partial charge is 0.257 e. The highest BCUT2D eigenvalue weighted by atomic mass is 16.2. The third-order valence-electron chi connectivity index (χ3n) is 7.27. The molecule has 2 aromatic heterocycles. The third kappa shape index (κ3) is 3.91. The molecular weight excluding hydrogens is 404 g/mol. The molecule has 2 fully saturated rings. The van der Waals surface area contributed by atoms with Crippen molar-refractivity contribution >= 4 is 17.6 Å². The average Bonchev–Trinajstić information content (AvgIpc) is 3.38. The summed E-state index contributed by atoms with van der Waals surface area (Å²) in [6.07, 6.45) is 12.8. The summed E-state index contributed by atoms with van der Waals surface area (Å²) in [6.45, 7) is 3.41. The predicted octanol–water partition coefficient (Wildman–Crippen LogP) is 3.36. The number of carbonyl (C=O) groups excluding carboxylic acids is 2. The molecule has 2 aliphatic heterocycles. The van der Waals surface area contributed by atoms with E-state index in [-0.39, 0.29) is 17.9 Å². The number of carbonyl (C=O) groups is 2. The molecule has 8 nitrogen and oxygen atoms in total. The lowest BCUT2D eigenvalue weighted by atomic mass is 9.89. The number of piperidine rings is 1. The fourth-order valence-corrected chi connectivity index (χ4v) is 5.50. The summed E-state index contributed by atoms with van der Waals surface area (Å²) in [7, 11) is 1.81. The van der Waals surface area contributed by atoms with E-state index in [2.05, 4.69) is 5.10 Å². The highest BCUT2D eigenvalue weighted by molar-refractivity contribution is 6.00. The van der Waals surface area contributed by atoms with Gasteiger partial charge in [0.25, 0.3) is 5.91 Å². The van der Waals surface area contributed by atoms with E-state index in [0.29, 0.717) is 30.3 Å². The maximum Gasteiger partial charge on any atom is 0.257 e. The van der Waals surface area contributed by atoms with E-state index in [9.17, 15) is 9.59 Å². The van der Waals surface area contributed by atoms with E-state index in [0.717, 1.165) is 42.9 Å². The maximum absolute atomic E-state index is 13.2. The van der Waals surface area contributed by atoms with Crippen LogP contribution >= 0.6 is 0 Å². The van der Waals surface area contributed by atoms with Crippen LogP contribution in [0, 0.1) is 12.8 Å². The molecule has 1 atom stereocenters. The molecule has 0 unspecified atom stereocenters. The number of aromatic nitrogens is 4. The molecule has 2 amide bonds. The Morgan fingerprint density at radius 3 is 2.62 bits per heavy atom. The second kappa shape index (κ2) is 8.64. The second-order valence-electron chi connectivity index (χ2n) is 9.57. The quantitative estimate of drug-likeness (QED) is 0.734. The largest absolute Gasteiger partial charge is 0.328 e. The zero-order valence-corrected chi connectivity index (χ0v) is 19.1. The van der Waals surface area contributed by atoms with Crippen molar-refractivity contribution in [1.29, 1.82) is 0 Å². The lowest BCUT2D eigenvalue weighted by Crippen LogP contribution is -2.39. The summed E-state index contributed by atoms with van der Waals surface area (Å²) in [5.41, 5.74) is 2.41. The van der Waals surface area contributed by atoms with E-state index in [1.54, 1.807) is 17.1 Å². The normalized spacial score (nSPS) is 21.8. The minimum atomic E-state index is -0.173. The molecule has 0 N–H and O–H groups in total. The van der Waals surface area contributed by atoms with Crippen LogP contribution in [0.5, 0.6) is 0 Å². The van der Waals surface area contributed by atoms with Crippen molar-refractivity contribution in [2.75, 3.05) is 18.0 Å². The number of hydrogen-bond acceptors (Lipinski definition) is 5. The number of hydrogen-bond donors (Lipinski definition) is 0. The topological polar surface area (TPSA) is 84.2 Å². The minimum Gasteiger partial charge on any atom is -0.328 e. The van der Waals surface area contributed by atoms with Crippen LogP contribution in [0.4, 0.5) is 5.82 Å². The van der Waals surface area contributed by atoms with Gasteiger partial charge in [-0.15, -0.1) is 0 Å². The van der Waals surface area contributed by atoms with Gasteiger partial charge >= 0.3 is 0 Å². The molecule has 1 saturated carbocycles. The number of fused-ring (bicyclic) bond motifs is 1. The molecule has 0 spiro atoms. The summed E-state index contributed by atoms with van der Waals surface area (Å²) in [5, 5.41) is 4.16. The molecule has 3 aliphatic rings. The van der Waals surface area contributed by atoms with Crippen LogP contribution in [-0.2, 0) is 18.3 Å². The summed E-state index contributed by atoms with van der Waals surface area (Å²) < 4.78 is 1.65. The molecule has 0 aromatic carbocycles. The monoisotopic (exact) mass is 436 g/mol. The second-order valence-corrected chi connectivity index (χ2v) is 9.57. The van der Waals surface area contributed by atoms with E-state index < -0.39 is 0 Å². The minimum absolute atomic E-state index is 0.0281. The molecule has 170 valence electrons. The zero-order chi connectivity index (χ0) is 22.2. The van der Waals surface area contributed by atoms with Gasteiger partial charge in [0.05, 0.1) is 24.2 Å². The highest BCUT2D eigenvalue weighted by Crippen LogP contribution is 2.36. The Morgan fingerprint density at radius 1 is 1.09 bits per heavy atom. The molecule has 32 heavy (non-hydrogen) atoms. The Hall–Kier alpha value is -2.77. The van der Waals surface area contributed by atoms with Crippen molar-refractivity contribution in [2.45, 2.75) is 70.8 Å². The molecule has 2 aromatic rings. The van der Waals surface area contributed by atoms with Crippen molar-refractivity contribution in [2.24, 2.45) is 13.0 Å². The van der Waals surface area contributed by atoms with Gasteiger partial charge in [-0.05, 0) is 44.9 Å². The first-order valence-electron chi connectivity index (χ1n) is 12.0. The molecular formula is C24H32N6O2. The Labute approximate surface area is 189 Å². The van der Waals surface area contributed by atoms with Gasteiger partial charge in [-0.3, -0.25) is 19.2 Å². The number of aryl methyl sites for hydroxylation is 2. The average molecular weight is 437 g/mol.